The topological polar surface area (TPSA) is 60.9 Å². The Kier molecular flexibility index (Phi) is 4.99. The van der Waals surface area contributed by atoms with Gasteiger partial charge in [-0.3, -0.25) is 4.79 Å². The smallest absolute Gasteiger partial charge is 0.320 e. The molecule has 5 heteroatoms. The summed E-state index contributed by atoms with van der Waals surface area (Å²) in [6.45, 7) is 9.47. The summed E-state index contributed by atoms with van der Waals surface area (Å²) in [6.07, 6.45) is 0.908. The number of urea groups is 1. The summed E-state index contributed by atoms with van der Waals surface area (Å²) in [5.41, 5.74) is 0. The zero-order chi connectivity index (χ0) is 13.9. The van der Waals surface area contributed by atoms with Crippen LogP contribution in [0.25, 0.3) is 0 Å². The number of hydrogen-bond acceptors (Lipinski definition) is 2. The van der Waals surface area contributed by atoms with Crippen LogP contribution >= 0.6 is 0 Å². The first kappa shape index (κ1) is 14.8. The first-order valence-corrected chi connectivity index (χ1v) is 6.70. The fourth-order valence-corrected chi connectivity index (χ4v) is 2.48. The number of carbonyl (C=O) groups excluding carboxylic acids is 1. The van der Waals surface area contributed by atoms with Crippen molar-refractivity contribution in [3.8, 4) is 0 Å². The summed E-state index contributed by atoms with van der Waals surface area (Å²) in [5.74, 6) is -1.20. The highest BCUT2D eigenvalue weighted by molar-refractivity contribution is 5.78. The van der Waals surface area contributed by atoms with Crippen LogP contribution in [-0.4, -0.2) is 52.6 Å². The minimum absolute atomic E-state index is 0.0255. The number of rotatable bonds is 4. The first-order valence-electron chi connectivity index (χ1n) is 6.70. The molecule has 1 aliphatic rings. The van der Waals surface area contributed by atoms with Crippen molar-refractivity contribution < 1.29 is 14.7 Å². The molecule has 5 nitrogen and oxygen atoms in total. The van der Waals surface area contributed by atoms with E-state index in [1.807, 2.05) is 32.6 Å². The zero-order valence-corrected chi connectivity index (χ0v) is 11.7. The average molecular weight is 256 g/mol. The Balaban J connectivity index is 2.71. The van der Waals surface area contributed by atoms with Crippen molar-refractivity contribution in [1.82, 2.24) is 9.80 Å². The Morgan fingerprint density at radius 3 is 2.39 bits per heavy atom. The number of carboxylic acid groups (broad SMARTS) is 1. The molecule has 0 saturated carbocycles. The van der Waals surface area contributed by atoms with E-state index in [1.165, 1.54) is 0 Å². The molecule has 18 heavy (non-hydrogen) atoms. The van der Waals surface area contributed by atoms with Gasteiger partial charge in [0.05, 0.1) is 5.92 Å². The van der Waals surface area contributed by atoms with E-state index >= 15 is 0 Å². The van der Waals surface area contributed by atoms with Gasteiger partial charge in [-0.05, 0) is 26.2 Å². The van der Waals surface area contributed by atoms with Crippen LogP contribution in [0.2, 0.25) is 0 Å². The van der Waals surface area contributed by atoms with E-state index in [9.17, 15) is 9.59 Å². The molecule has 1 heterocycles. The lowest BCUT2D eigenvalue weighted by atomic mass is 9.99. The maximum absolute atomic E-state index is 12.3. The zero-order valence-electron chi connectivity index (χ0n) is 11.7. The van der Waals surface area contributed by atoms with Gasteiger partial charge in [-0.15, -0.1) is 0 Å². The quantitative estimate of drug-likeness (QED) is 0.835. The standard InChI is InChI=1S/C13H24N2O3/c1-5-10(4)15(6-2)13(18)14-7-9(3)11(8-14)12(16)17/h9-11H,5-8H2,1-4H3,(H,16,17). The van der Waals surface area contributed by atoms with Gasteiger partial charge in [0.25, 0.3) is 0 Å². The highest BCUT2D eigenvalue weighted by Gasteiger charge is 2.38. The number of nitrogens with zero attached hydrogens (tertiary/aromatic N) is 2. The van der Waals surface area contributed by atoms with Crippen molar-refractivity contribution >= 4 is 12.0 Å². The average Bonchev–Trinajstić information content (AvgIpc) is 2.71. The van der Waals surface area contributed by atoms with E-state index in [0.29, 0.717) is 19.6 Å². The summed E-state index contributed by atoms with van der Waals surface area (Å²) in [7, 11) is 0. The Morgan fingerprint density at radius 1 is 1.39 bits per heavy atom. The molecule has 0 aromatic carbocycles. The summed E-state index contributed by atoms with van der Waals surface area (Å²) in [5, 5.41) is 9.08. The van der Waals surface area contributed by atoms with E-state index in [2.05, 4.69) is 0 Å². The van der Waals surface area contributed by atoms with Gasteiger partial charge in [-0.25, -0.2) is 4.79 Å². The van der Waals surface area contributed by atoms with Gasteiger partial charge < -0.3 is 14.9 Å². The van der Waals surface area contributed by atoms with Gasteiger partial charge in [0.15, 0.2) is 0 Å². The van der Waals surface area contributed by atoms with Crippen LogP contribution in [0.15, 0.2) is 0 Å². The van der Waals surface area contributed by atoms with Crippen molar-refractivity contribution in [2.75, 3.05) is 19.6 Å². The van der Waals surface area contributed by atoms with Crippen molar-refractivity contribution in [1.29, 1.82) is 0 Å². The third-order valence-electron chi connectivity index (χ3n) is 3.91. The molecule has 3 atom stereocenters. The third kappa shape index (κ3) is 2.94. The molecule has 1 rings (SSSR count). The number of amides is 2. The molecule has 1 aliphatic heterocycles. The summed E-state index contributed by atoms with van der Waals surface area (Å²) >= 11 is 0. The lowest BCUT2D eigenvalue weighted by molar-refractivity contribution is -0.142. The second-order valence-electron chi connectivity index (χ2n) is 5.15. The molecular formula is C13H24N2O3. The Bertz CT molecular complexity index is 319. The van der Waals surface area contributed by atoms with Crippen molar-refractivity contribution in [3.05, 3.63) is 0 Å². The van der Waals surface area contributed by atoms with Crippen LogP contribution in [-0.2, 0) is 4.79 Å². The molecule has 0 spiro atoms. The molecule has 0 radical (unpaired) electrons. The predicted molar refractivity (Wildman–Crippen MR) is 69.4 cm³/mol. The molecule has 1 N–H and O–H groups in total. The first-order chi connectivity index (χ1) is 8.42. The van der Waals surface area contributed by atoms with Gasteiger partial charge in [0.1, 0.15) is 0 Å². The Morgan fingerprint density at radius 2 is 2.00 bits per heavy atom. The lowest BCUT2D eigenvalue weighted by Crippen LogP contribution is -2.46. The summed E-state index contributed by atoms with van der Waals surface area (Å²) in [4.78, 5) is 26.9. The van der Waals surface area contributed by atoms with Crippen molar-refractivity contribution in [2.24, 2.45) is 11.8 Å². The van der Waals surface area contributed by atoms with Gasteiger partial charge in [0, 0.05) is 25.7 Å². The third-order valence-corrected chi connectivity index (χ3v) is 3.91. The molecule has 1 fully saturated rings. The molecule has 2 amide bonds. The Labute approximate surface area is 109 Å². The van der Waals surface area contributed by atoms with Gasteiger partial charge in [-0.1, -0.05) is 13.8 Å². The van der Waals surface area contributed by atoms with Crippen LogP contribution in [0.5, 0.6) is 0 Å². The van der Waals surface area contributed by atoms with Crippen LogP contribution in [0, 0.1) is 11.8 Å². The number of hydrogen-bond donors (Lipinski definition) is 1. The monoisotopic (exact) mass is 256 g/mol. The molecule has 3 unspecified atom stereocenters. The van der Waals surface area contributed by atoms with Gasteiger partial charge in [-0.2, -0.15) is 0 Å². The second-order valence-corrected chi connectivity index (χ2v) is 5.15. The number of carbonyl (C=O) groups is 2. The fraction of sp³-hybridized carbons (Fsp3) is 0.846. The molecule has 0 aliphatic carbocycles. The van der Waals surface area contributed by atoms with E-state index in [-0.39, 0.29) is 18.0 Å². The largest absolute Gasteiger partial charge is 0.481 e. The maximum Gasteiger partial charge on any atom is 0.320 e. The molecule has 0 aromatic heterocycles. The van der Waals surface area contributed by atoms with Crippen molar-refractivity contribution in [2.45, 2.75) is 40.2 Å². The van der Waals surface area contributed by atoms with E-state index < -0.39 is 11.9 Å². The molecular weight excluding hydrogens is 232 g/mol. The van der Waals surface area contributed by atoms with E-state index in [1.54, 1.807) is 4.90 Å². The minimum Gasteiger partial charge on any atom is -0.481 e. The summed E-state index contributed by atoms with van der Waals surface area (Å²) in [6, 6.07) is 0.170. The highest BCUT2D eigenvalue weighted by atomic mass is 16.4. The van der Waals surface area contributed by atoms with Crippen LogP contribution in [0.1, 0.15) is 34.1 Å². The lowest BCUT2D eigenvalue weighted by Gasteiger charge is -2.31. The Hall–Kier alpha value is -1.26. The van der Waals surface area contributed by atoms with Gasteiger partial charge >= 0.3 is 12.0 Å². The number of carboxylic acids is 1. The van der Waals surface area contributed by atoms with Gasteiger partial charge in [0.2, 0.25) is 0 Å². The SMILES string of the molecule is CCC(C)N(CC)C(=O)N1CC(C)C(C(=O)O)C1. The van der Waals surface area contributed by atoms with Crippen molar-refractivity contribution in [3.63, 3.8) is 0 Å². The molecule has 0 aromatic rings. The van der Waals surface area contributed by atoms with Crippen LogP contribution < -0.4 is 0 Å². The summed E-state index contributed by atoms with van der Waals surface area (Å²) < 4.78 is 0. The van der Waals surface area contributed by atoms with E-state index in [0.717, 1.165) is 6.42 Å². The van der Waals surface area contributed by atoms with Crippen LogP contribution in [0.3, 0.4) is 0 Å². The minimum atomic E-state index is -0.801. The molecule has 0 bridgehead atoms. The molecule has 104 valence electrons. The number of aliphatic carboxylic acids is 1. The predicted octanol–water partition coefficient (Wildman–Crippen LogP) is 1.88. The highest BCUT2D eigenvalue weighted by Crippen LogP contribution is 2.24. The maximum atomic E-state index is 12.3. The second kappa shape index (κ2) is 6.07. The normalized spacial score (nSPS) is 25.0. The fourth-order valence-electron chi connectivity index (χ4n) is 2.48. The van der Waals surface area contributed by atoms with Crippen LogP contribution in [0.4, 0.5) is 4.79 Å². The van der Waals surface area contributed by atoms with E-state index in [4.69, 9.17) is 5.11 Å². The number of likely N-dealkylation sites (tertiary alicyclic amines) is 1. The molecule has 1 saturated heterocycles.